The van der Waals surface area contributed by atoms with Crippen molar-refractivity contribution >= 4 is 31.4 Å². The van der Waals surface area contributed by atoms with Crippen molar-refractivity contribution < 1.29 is 26.3 Å². The van der Waals surface area contributed by atoms with E-state index in [2.05, 4.69) is 4.72 Å². The van der Waals surface area contributed by atoms with Crippen LogP contribution in [0.4, 0.5) is 15.8 Å². The summed E-state index contributed by atoms with van der Waals surface area (Å²) in [5.74, 6) is -0.728. The molecule has 2 aromatic carbocycles. The van der Waals surface area contributed by atoms with E-state index in [1.54, 1.807) is 6.07 Å². The van der Waals surface area contributed by atoms with Gasteiger partial charge in [-0.25, -0.2) is 25.5 Å². The van der Waals surface area contributed by atoms with Crippen LogP contribution in [0.2, 0.25) is 0 Å². The van der Waals surface area contributed by atoms with Crippen LogP contribution in [0.3, 0.4) is 0 Å². The topological polar surface area (TPSA) is 107 Å². The van der Waals surface area contributed by atoms with Gasteiger partial charge in [-0.1, -0.05) is 6.07 Å². The molecular formula is C19H24FN3O5S2. The molecule has 1 heterocycles. The maximum absolute atomic E-state index is 14.5. The zero-order valence-corrected chi connectivity index (χ0v) is 18.2. The van der Waals surface area contributed by atoms with Crippen molar-refractivity contribution in [3.63, 3.8) is 0 Å². The molecule has 0 spiro atoms. The Kier molecular flexibility index (Phi) is 6.37. The van der Waals surface area contributed by atoms with Crippen LogP contribution in [0.15, 0.2) is 52.3 Å². The minimum atomic E-state index is -4.16. The van der Waals surface area contributed by atoms with Crippen LogP contribution in [0.1, 0.15) is 12.8 Å². The third kappa shape index (κ3) is 4.59. The maximum Gasteiger partial charge on any atom is 0.262 e. The molecule has 0 aromatic heterocycles. The van der Waals surface area contributed by atoms with Crippen molar-refractivity contribution in [3.8, 4) is 0 Å². The lowest BCUT2D eigenvalue weighted by molar-refractivity contribution is 0.145. The number of hydrogen-bond donors (Lipinski definition) is 2. The minimum Gasteiger partial charge on any atom is -0.393 e. The second kappa shape index (κ2) is 8.50. The zero-order chi connectivity index (χ0) is 22.1. The summed E-state index contributed by atoms with van der Waals surface area (Å²) in [5.41, 5.74) is 0.205. The number of benzene rings is 2. The molecule has 1 fully saturated rings. The van der Waals surface area contributed by atoms with Gasteiger partial charge < -0.3 is 10.0 Å². The molecule has 3 rings (SSSR count). The quantitative estimate of drug-likeness (QED) is 0.686. The molecule has 164 valence electrons. The Labute approximate surface area is 176 Å². The monoisotopic (exact) mass is 457 g/mol. The zero-order valence-electron chi connectivity index (χ0n) is 16.6. The second-order valence-corrected chi connectivity index (χ2v) is 11.1. The summed E-state index contributed by atoms with van der Waals surface area (Å²) >= 11 is 0. The van der Waals surface area contributed by atoms with Crippen LogP contribution in [0.5, 0.6) is 0 Å². The van der Waals surface area contributed by atoms with Crippen molar-refractivity contribution in [3.05, 3.63) is 48.3 Å². The number of nitrogens with zero attached hydrogens (tertiary/aromatic N) is 2. The summed E-state index contributed by atoms with van der Waals surface area (Å²) in [5, 5.41) is 9.69. The molecule has 1 saturated heterocycles. The van der Waals surface area contributed by atoms with E-state index < -0.39 is 32.0 Å². The number of anilines is 2. The average Bonchev–Trinajstić information content (AvgIpc) is 2.70. The molecule has 0 aliphatic carbocycles. The first kappa shape index (κ1) is 22.5. The van der Waals surface area contributed by atoms with E-state index in [-0.39, 0.29) is 15.5 Å². The Bertz CT molecular complexity index is 1110. The molecule has 0 atom stereocenters. The molecule has 2 aromatic rings. The summed E-state index contributed by atoms with van der Waals surface area (Å²) in [4.78, 5) is 1.58. The number of piperidine rings is 1. The molecule has 11 heteroatoms. The Hall–Kier alpha value is -2.21. The highest BCUT2D eigenvalue weighted by molar-refractivity contribution is 7.92. The molecule has 30 heavy (non-hydrogen) atoms. The summed E-state index contributed by atoms with van der Waals surface area (Å²) < 4.78 is 67.9. The summed E-state index contributed by atoms with van der Waals surface area (Å²) in [6.45, 7) is 0.937. The van der Waals surface area contributed by atoms with Crippen molar-refractivity contribution in [2.24, 2.45) is 0 Å². The fourth-order valence-electron chi connectivity index (χ4n) is 3.18. The molecule has 1 aliphatic heterocycles. The number of sulfonamides is 2. The largest absolute Gasteiger partial charge is 0.393 e. The highest BCUT2D eigenvalue weighted by Gasteiger charge is 2.25. The van der Waals surface area contributed by atoms with E-state index in [1.165, 1.54) is 32.3 Å². The molecule has 1 aliphatic rings. The Morgan fingerprint density at radius 1 is 1.00 bits per heavy atom. The third-order valence-electron chi connectivity index (χ3n) is 4.95. The maximum atomic E-state index is 14.5. The molecule has 0 unspecified atom stereocenters. The standard InChI is InChI=1S/C19H24FN3O5S2/c1-22(2)30(27,28)16-8-6-15(7-9-16)29(25,26)21-19-17(20)4-3-5-18(19)23-12-10-14(24)11-13-23/h3-9,14,21,24H,10-13H2,1-2H3. The predicted molar refractivity (Wildman–Crippen MR) is 112 cm³/mol. The number of aliphatic hydroxyl groups excluding tert-OH is 1. The van der Waals surface area contributed by atoms with E-state index >= 15 is 0 Å². The van der Waals surface area contributed by atoms with Gasteiger partial charge in [-0.2, -0.15) is 0 Å². The van der Waals surface area contributed by atoms with Crippen LogP contribution in [-0.4, -0.2) is 59.5 Å². The molecule has 0 bridgehead atoms. The van der Waals surface area contributed by atoms with Crippen LogP contribution in [-0.2, 0) is 20.0 Å². The minimum absolute atomic E-state index is 0.0510. The van der Waals surface area contributed by atoms with Crippen molar-refractivity contribution in [2.75, 3.05) is 36.8 Å². The van der Waals surface area contributed by atoms with Gasteiger partial charge in [0, 0.05) is 27.2 Å². The molecule has 0 radical (unpaired) electrons. The van der Waals surface area contributed by atoms with Crippen LogP contribution in [0.25, 0.3) is 0 Å². The van der Waals surface area contributed by atoms with E-state index in [0.717, 1.165) is 22.5 Å². The molecular weight excluding hydrogens is 433 g/mol. The number of para-hydroxylation sites is 1. The third-order valence-corrected chi connectivity index (χ3v) is 8.14. The lowest BCUT2D eigenvalue weighted by atomic mass is 10.1. The van der Waals surface area contributed by atoms with Crippen LogP contribution < -0.4 is 9.62 Å². The number of halogens is 1. The SMILES string of the molecule is CN(C)S(=O)(=O)c1ccc(S(=O)(=O)Nc2c(F)cccc2N2CCC(O)CC2)cc1. The van der Waals surface area contributed by atoms with E-state index in [1.807, 2.05) is 4.90 Å². The first-order chi connectivity index (χ1) is 14.0. The van der Waals surface area contributed by atoms with Gasteiger partial charge in [0.2, 0.25) is 10.0 Å². The van der Waals surface area contributed by atoms with E-state index in [9.17, 15) is 26.3 Å². The van der Waals surface area contributed by atoms with Crippen molar-refractivity contribution in [1.29, 1.82) is 0 Å². The van der Waals surface area contributed by atoms with Crippen molar-refractivity contribution in [2.45, 2.75) is 28.7 Å². The fraction of sp³-hybridized carbons (Fsp3) is 0.368. The smallest absolute Gasteiger partial charge is 0.262 e. The van der Waals surface area contributed by atoms with Gasteiger partial charge in [-0.05, 0) is 49.2 Å². The van der Waals surface area contributed by atoms with Crippen LogP contribution in [0, 0.1) is 5.82 Å². The first-order valence-electron chi connectivity index (χ1n) is 9.29. The fourth-order valence-corrected chi connectivity index (χ4v) is 5.16. The van der Waals surface area contributed by atoms with Gasteiger partial charge in [-0.3, -0.25) is 4.72 Å². The summed E-state index contributed by atoms with van der Waals surface area (Å²) in [7, 11) is -5.11. The number of rotatable bonds is 6. The van der Waals surface area contributed by atoms with Gasteiger partial charge in [0.25, 0.3) is 10.0 Å². The lowest BCUT2D eigenvalue weighted by Crippen LogP contribution is -2.36. The van der Waals surface area contributed by atoms with Gasteiger partial charge >= 0.3 is 0 Å². The Balaban J connectivity index is 1.91. The van der Waals surface area contributed by atoms with Gasteiger partial charge in [0.1, 0.15) is 11.5 Å². The van der Waals surface area contributed by atoms with Crippen molar-refractivity contribution in [1.82, 2.24) is 4.31 Å². The Morgan fingerprint density at radius 3 is 2.13 bits per heavy atom. The lowest BCUT2D eigenvalue weighted by Gasteiger charge is -2.33. The number of aliphatic hydroxyl groups is 1. The predicted octanol–water partition coefficient (Wildman–Crippen LogP) is 1.84. The molecule has 2 N–H and O–H groups in total. The molecule has 0 amide bonds. The number of nitrogens with one attached hydrogen (secondary N) is 1. The van der Waals surface area contributed by atoms with Gasteiger partial charge in [0.05, 0.1) is 21.6 Å². The second-order valence-electron chi connectivity index (χ2n) is 7.22. The highest BCUT2D eigenvalue weighted by atomic mass is 32.2. The normalized spacial score (nSPS) is 16.1. The van der Waals surface area contributed by atoms with Crippen LogP contribution >= 0.6 is 0 Å². The number of hydrogen-bond acceptors (Lipinski definition) is 6. The van der Waals surface area contributed by atoms with E-state index in [0.29, 0.717) is 31.6 Å². The summed E-state index contributed by atoms with van der Waals surface area (Å²) in [6.07, 6.45) is 0.585. The molecule has 0 saturated carbocycles. The molecule has 8 nitrogen and oxygen atoms in total. The summed E-state index contributed by atoms with van der Waals surface area (Å²) in [6, 6.07) is 8.98. The Morgan fingerprint density at radius 2 is 1.57 bits per heavy atom. The van der Waals surface area contributed by atoms with Gasteiger partial charge in [-0.15, -0.1) is 0 Å². The average molecular weight is 458 g/mol. The highest BCUT2D eigenvalue weighted by Crippen LogP contribution is 2.32. The van der Waals surface area contributed by atoms with E-state index in [4.69, 9.17) is 0 Å². The van der Waals surface area contributed by atoms with Gasteiger partial charge in [0.15, 0.2) is 0 Å². The first-order valence-corrected chi connectivity index (χ1v) is 12.2.